The quantitative estimate of drug-likeness (QED) is 0.929. The number of rotatable bonds is 3. The van der Waals surface area contributed by atoms with Gasteiger partial charge in [-0.1, -0.05) is 6.07 Å². The fraction of sp³-hybridized carbons (Fsp3) is 0.231. The predicted molar refractivity (Wildman–Crippen MR) is 64.5 cm³/mol. The van der Waals surface area contributed by atoms with E-state index in [4.69, 9.17) is 5.11 Å². The molecule has 1 heterocycles. The van der Waals surface area contributed by atoms with Crippen LogP contribution in [-0.4, -0.2) is 20.9 Å². The Morgan fingerprint density at radius 1 is 1.26 bits per heavy atom. The fourth-order valence-electron chi connectivity index (χ4n) is 1.61. The molecule has 1 aromatic carbocycles. The third-order valence-corrected chi connectivity index (χ3v) is 2.90. The van der Waals surface area contributed by atoms with Crippen molar-refractivity contribution >= 4 is 5.97 Å². The summed E-state index contributed by atoms with van der Waals surface area (Å²) in [6.07, 6.45) is 1.38. The number of carbonyl (C=O) groups is 1. The maximum atomic E-state index is 13.6. The second-order valence-corrected chi connectivity index (χ2v) is 4.61. The summed E-state index contributed by atoms with van der Waals surface area (Å²) in [7, 11) is 0. The van der Waals surface area contributed by atoms with Crippen LogP contribution >= 0.6 is 0 Å². The first-order valence-corrected chi connectivity index (χ1v) is 5.58. The molecule has 0 fully saturated rings. The Morgan fingerprint density at radius 2 is 1.84 bits per heavy atom. The van der Waals surface area contributed by atoms with Gasteiger partial charge in [-0.3, -0.25) is 4.68 Å². The summed E-state index contributed by atoms with van der Waals surface area (Å²) in [5.41, 5.74) is -1.49. The van der Waals surface area contributed by atoms with Crippen LogP contribution in [0.2, 0.25) is 0 Å². The minimum absolute atomic E-state index is 0.0601. The number of halogens is 2. The zero-order valence-corrected chi connectivity index (χ0v) is 10.4. The number of hydrogen-bond acceptors (Lipinski definition) is 2. The molecule has 19 heavy (non-hydrogen) atoms. The lowest BCUT2D eigenvalue weighted by Crippen LogP contribution is -2.36. The van der Waals surface area contributed by atoms with Crippen molar-refractivity contribution < 1.29 is 18.7 Å². The summed E-state index contributed by atoms with van der Waals surface area (Å²) in [5.74, 6) is -2.56. The lowest BCUT2D eigenvalue weighted by atomic mass is 10.1. The van der Waals surface area contributed by atoms with Gasteiger partial charge in [-0.05, 0) is 32.0 Å². The molecule has 0 atom stereocenters. The van der Waals surface area contributed by atoms with Gasteiger partial charge in [0.05, 0.1) is 11.3 Å². The number of aromatic nitrogens is 2. The van der Waals surface area contributed by atoms with Gasteiger partial charge >= 0.3 is 5.97 Å². The van der Waals surface area contributed by atoms with Crippen LogP contribution in [0.1, 0.15) is 13.8 Å². The SMILES string of the molecule is CC(C)(C(=O)O)n1ccc(-c2c(F)cccc2F)n1. The highest BCUT2D eigenvalue weighted by Gasteiger charge is 2.30. The van der Waals surface area contributed by atoms with E-state index >= 15 is 0 Å². The predicted octanol–water partition coefficient (Wildman–Crippen LogP) is 2.65. The van der Waals surface area contributed by atoms with Gasteiger partial charge in [0.2, 0.25) is 0 Å². The number of hydrogen-bond donors (Lipinski definition) is 1. The third kappa shape index (κ3) is 2.21. The highest BCUT2D eigenvalue weighted by Crippen LogP contribution is 2.26. The van der Waals surface area contributed by atoms with Gasteiger partial charge in [0.15, 0.2) is 5.54 Å². The molecular formula is C13H12F2N2O2. The van der Waals surface area contributed by atoms with E-state index in [1.165, 1.54) is 32.2 Å². The molecule has 0 bridgehead atoms. The van der Waals surface area contributed by atoms with E-state index in [9.17, 15) is 13.6 Å². The average molecular weight is 266 g/mol. The van der Waals surface area contributed by atoms with Crippen molar-refractivity contribution in [2.24, 2.45) is 0 Å². The van der Waals surface area contributed by atoms with Crippen molar-refractivity contribution in [3.05, 3.63) is 42.1 Å². The van der Waals surface area contributed by atoms with Crippen LogP contribution in [0.15, 0.2) is 30.5 Å². The van der Waals surface area contributed by atoms with E-state index in [2.05, 4.69) is 5.10 Å². The molecule has 2 rings (SSSR count). The second-order valence-electron chi connectivity index (χ2n) is 4.61. The van der Waals surface area contributed by atoms with E-state index in [-0.39, 0.29) is 11.3 Å². The highest BCUT2D eigenvalue weighted by atomic mass is 19.1. The van der Waals surface area contributed by atoms with Crippen molar-refractivity contribution in [1.29, 1.82) is 0 Å². The Kier molecular flexibility index (Phi) is 3.09. The number of carboxylic acids is 1. The summed E-state index contributed by atoms with van der Waals surface area (Å²) >= 11 is 0. The fourth-order valence-corrected chi connectivity index (χ4v) is 1.61. The van der Waals surface area contributed by atoms with E-state index in [1.54, 1.807) is 0 Å². The molecule has 0 aliphatic rings. The van der Waals surface area contributed by atoms with Crippen molar-refractivity contribution in [3.8, 4) is 11.3 Å². The minimum Gasteiger partial charge on any atom is -0.479 e. The molecule has 0 unspecified atom stereocenters. The molecule has 0 spiro atoms. The molecule has 0 aliphatic heterocycles. The standard InChI is InChI=1S/C13H12F2N2O2/c1-13(2,12(18)19)17-7-6-10(16-17)11-8(14)4-3-5-9(11)15/h3-7H,1-2H3,(H,18,19). The molecule has 1 aromatic heterocycles. The number of aliphatic carboxylic acids is 1. The maximum absolute atomic E-state index is 13.6. The zero-order valence-electron chi connectivity index (χ0n) is 10.4. The van der Waals surface area contributed by atoms with E-state index in [1.807, 2.05) is 0 Å². The molecular weight excluding hydrogens is 254 g/mol. The Morgan fingerprint density at radius 3 is 2.37 bits per heavy atom. The molecule has 0 saturated heterocycles. The first-order chi connectivity index (χ1) is 8.84. The Labute approximate surface area is 108 Å². The molecule has 0 saturated carbocycles. The first kappa shape index (κ1) is 13.2. The summed E-state index contributed by atoms with van der Waals surface area (Å²) < 4.78 is 28.4. The van der Waals surface area contributed by atoms with Crippen molar-refractivity contribution in [2.45, 2.75) is 19.4 Å². The number of benzene rings is 1. The van der Waals surface area contributed by atoms with Crippen LogP contribution in [0.3, 0.4) is 0 Å². The van der Waals surface area contributed by atoms with Gasteiger partial charge in [0, 0.05) is 6.20 Å². The Hall–Kier alpha value is -2.24. The lowest BCUT2D eigenvalue weighted by molar-refractivity contribution is -0.146. The van der Waals surface area contributed by atoms with Crippen molar-refractivity contribution in [2.75, 3.05) is 0 Å². The summed E-state index contributed by atoms with van der Waals surface area (Å²) in [4.78, 5) is 11.1. The second kappa shape index (κ2) is 4.46. The number of carboxylic acid groups (broad SMARTS) is 1. The Bertz CT molecular complexity index is 615. The highest BCUT2D eigenvalue weighted by molar-refractivity contribution is 5.75. The smallest absolute Gasteiger partial charge is 0.331 e. The molecule has 100 valence electrons. The van der Waals surface area contributed by atoms with E-state index < -0.39 is 23.1 Å². The molecule has 4 nitrogen and oxygen atoms in total. The largest absolute Gasteiger partial charge is 0.479 e. The molecule has 0 aliphatic carbocycles. The maximum Gasteiger partial charge on any atom is 0.331 e. The summed E-state index contributed by atoms with van der Waals surface area (Å²) in [6.45, 7) is 2.90. The molecule has 2 aromatic rings. The van der Waals surface area contributed by atoms with Crippen molar-refractivity contribution in [3.63, 3.8) is 0 Å². The van der Waals surface area contributed by atoms with Gasteiger partial charge in [-0.25, -0.2) is 13.6 Å². The van der Waals surface area contributed by atoms with Gasteiger partial charge < -0.3 is 5.11 Å². The average Bonchev–Trinajstić information content (AvgIpc) is 2.78. The van der Waals surface area contributed by atoms with Crippen LogP contribution < -0.4 is 0 Å². The van der Waals surface area contributed by atoms with Crippen LogP contribution in [0.5, 0.6) is 0 Å². The monoisotopic (exact) mass is 266 g/mol. The van der Waals surface area contributed by atoms with E-state index in [0.717, 1.165) is 16.8 Å². The van der Waals surface area contributed by atoms with E-state index in [0.29, 0.717) is 0 Å². The third-order valence-electron chi connectivity index (χ3n) is 2.90. The van der Waals surface area contributed by atoms with Crippen LogP contribution in [0.25, 0.3) is 11.3 Å². The zero-order chi connectivity index (χ0) is 14.2. The van der Waals surface area contributed by atoms with Crippen LogP contribution in [-0.2, 0) is 10.3 Å². The topological polar surface area (TPSA) is 55.1 Å². The normalized spacial score (nSPS) is 11.6. The first-order valence-electron chi connectivity index (χ1n) is 5.58. The molecule has 0 radical (unpaired) electrons. The summed E-state index contributed by atoms with van der Waals surface area (Å²) in [5, 5.41) is 13.0. The van der Waals surface area contributed by atoms with Gasteiger partial charge in [-0.2, -0.15) is 5.10 Å². The molecule has 6 heteroatoms. The molecule has 0 amide bonds. The summed E-state index contributed by atoms with van der Waals surface area (Å²) in [6, 6.07) is 4.89. The minimum atomic E-state index is -1.29. The Balaban J connectivity index is 2.51. The lowest BCUT2D eigenvalue weighted by Gasteiger charge is -2.19. The van der Waals surface area contributed by atoms with Crippen LogP contribution in [0.4, 0.5) is 8.78 Å². The van der Waals surface area contributed by atoms with Gasteiger partial charge in [-0.15, -0.1) is 0 Å². The molecule has 1 N–H and O–H groups in total. The van der Waals surface area contributed by atoms with Crippen molar-refractivity contribution in [1.82, 2.24) is 9.78 Å². The number of nitrogens with zero attached hydrogens (tertiary/aromatic N) is 2. The van der Waals surface area contributed by atoms with Gasteiger partial charge in [0.25, 0.3) is 0 Å². The van der Waals surface area contributed by atoms with Gasteiger partial charge in [0.1, 0.15) is 11.6 Å². The van der Waals surface area contributed by atoms with Crippen LogP contribution in [0, 0.1) is 11.6 Å².